The third kappa shape index (κ3) is 3.68. The molecule has 0 spiro atoms. The van der Waals surface area contributed by atoms with Gasteiger partial charge in [-0.3, -0.25) is 9.59 Å². The number of benzene rings is 1. The number of rotatable bonds is 6. The first-order valence-electron chi connectivity index (χ1n) is 8.17. The summed E-state index contributed by atoms with van der Waals surface area (Å²) in [6, 6.07) is 7.74. The van der Waals surface area contributed by atoms with Crippen molar-refractivity contribution in [2.75, 3.05) is 7.11 Å². The molecule has 1 aromatic carbocycles. The Labute approximate surface area is 162 Å². The molecule has 0 fully saturated rings. The SMILES string of the molecule is COc1ccccc1-c1cc(C(F)F)n2ncc(C(=O)N[C@@H](C#N)C(N)=O)c2n1. The van der Waals surface area contributed by atoms with E-state index in [0.29, 0.717) is 11.3 Å². The number of nitrogens with one attached hydrogen (secondary N) is 1. The van der Waals surface area contributed by atoms with Crippen molar-refractivity contribution in [1.82, 2.24) is 19.9 Å². The third-order valence-electron chi connectivity index (χ3n) is 4.04. The number of aromatic nitrogens is 3. The Morgan fingerprint density at radius 2 is 2.07 bits per heavy atom. The molecule has 2 amide bonds. The predicted octanol–water partition coefficient (Wildman–Crippen LogP) is 1.45. The number of carbonyl (C=O) groups excluding carboxylic acids is 2. The van der Waals surface area contributed by atoms with Gasteiger partial charge in [0.1, 0.15) is 17.0 Å². The Hall–Kier alpha value is -4.07. The molecule has 2 heterocycles. The average Bonchev–Trinajstić information content (AvgIpc) is 3.14. The number of nitrogens with two attached hydrogens (primary N) is 1. The number of ether oxygens (including phenoxy) is 1. The topological polar surface area (TPSA) is 135 Å². The molecule has 3 N–H and O–H groups in total. The van der Waals surface area contributed by atoms with Crippen molar-refractivity contribution < 1.29 is 23.1 Å². The van der Waals surface area contributed by atoms with E-state index in [0.717, 1.165) is 16.8 Å². The Kier molecular flexibility index (Phi) is 5.36. The van der Waals surface area contributed by atoms with Gasteiger partial charge in [0.2, 0.25) is 0 Å². The number of fused-ring (bicyclic) bond motifs is 1. The fourth-order valence-corrected chi connectivity index (χ4v) is 2.67. The highest BCUT2D eigenvalue weighted by atomic mass is 19.3. The number of nitriles is 1. The molecule has 29 heavy (non-hydrogen) atoms. The first-order chi connectivity index (χ1) is 13.9. The van der Waals surface area contributed by atoms with E-state index in [9.17, 15) is 18.4 Å². The average molecular weight is 400 g/mol. The number of primary amides is 1. The summed E-state index contributed by atoms with van der Waals surface area (Å²) < 4.78 is 33.3. The van der Waals surface area contributed by atoms with Gasteiger partial charge < -0.3 is 15.8 Å². The van der Waals surface area contributed by atoms with Crippen molar-refractivity contribution >= 4 is 17.5 Å². The summed E-state index contributed by atoms with van der Waals surface area (Å²) in [5.74, 6) is -1.57. The number of hydrogen-bond donors (Lipinski definition) is 2. The molecule has 0 bridgehead atoms. The first-order valence-corrected chi connectivity index (χ1v) is 8.17. The number of amides is 2. The highest BCUT2D eigenvalue weighted by Gasteiger charge is 2.25. The normalized spacial score (nSPS) is 11.8. The zero-order chi connectivity index (χ0) is 21.1. The third-order valence-corrected chi connectivity index (χ3v) is 4.04. The van der Waals surface area contributed by atoms with Crippen LogP contribution in [0.1, 0.15) is 22.5 Å². The van der Waals surface area contributed by atoms with Crippen LogP contribution in [0.4, 0.5) is 8.78 Å². The van der Waals surface area contributed by atoms with E-state index in [1.807, 2.05) is 0 Å². The molecule has 1 atom stereocenters. The molecule has 0 unspecified atom stereocenters. The van der Waals surface area contributed by atoms with Gasteiger partial charge in [-0.1, -0.05) is 12.1 Å². The molecule has 0 saturated heterocycles. The number of carbonyl (C=O) groups is 2. The van der Waals surface area contributed by atoms with Crippen LogP contribution in [0.2, 0.25) is 0 Å². The van der Waals surface area contributed by atoms with Crippen LogP contribution < -0.4 is 15.8 Å². The molecule has 0 aliphatic carbocycles. The minimum absolute atomic E-state index is 0.131. The largest absolute Gasteiger partial charge is 0.496 e. The number of halogens is 2. The fourth-order valence-electron chi connectivity index (χ4n) is 2.67. The molecular weight excluding hydrogens is 386 g/mol. The summed E-state index contributed by atoms with van der Waals surface area (Å²) in [6.45, 7) is 0. The highest BCUT2D eigenvalue weighted by molar-refractivity contribution is 6.02. The fraction of sp³-hybridized carbons (Fsp3) is 0.167. The summed E-state index contributed by atoms with van der Waals surface area (Å²) in [5.41, 5.74) is 4.71. The molecule has 148 valence electrons. The van der Waals surface area contributed by atoms with Crippen LogP contribution in [0.5, 0.6) is 5.75 Å². The van der Waals surface area contributed by atoms with Crippen LogP contribution in [-0.2, 0) is 4.79 Å². The van der Waals surface area contributed by atoms with Crippen LogP contribution >= 0.6 is 0 Å². The van der Waals surface area contributed by atoms with Crippen molar-refractivity contribution in [3.05, 3.63) is 47.8 Å². The quantitative estimate of drug-likeness (QED) is 0.643. The molecule has 2 aromatic heterocycles. The number of methoxy groups -OCH3 is 1. The highest BCUT2D eigenvalue weighted by Crippen LogP contribution is 2.32. The van der Waals surface area contributed by atoms with E-state index in [-0.39, 0.29) is 16.9 Å². The molecule has 9 nitrogen and oxygen atoms in total. The zero-order valence-corrected chi connectivity index (χ0v) is 15.0. The molecule has 3 rings (SSSR count). The summed E-state index contributed by atoms with van der Waals surface area (Å²) in [5, 5.41) is 14.8. The van der Waals surface area contributed by atoms with Crippen LogP contribution in [0.3, 0.4) is 0 Å². The van der Waals surface area contributed by atoms with Gasteiger partial charge in [0.05, 0.1) is 25.1 Å². The summed E-state index contributed by atoms with van der Waals surface area (Å²) in [6.07, 6.45) is -1.90. The molecule has 0 aliphatic rings. The number of para-hydroxylation sites is 1. The second-order valence-corrected chi connectivity index (χ2v) is 5.80. The lowest BCUT2D eigenvalue weighted by Crippen LogP contribution is -2.43. The van der Waals surface area contributed by atoms with Gasteiger partial charge in [0.25, 0.3) is 18.2 Å². The minimum Gasteiger partial charge on any atom is -0.496 e. The van der Waals surface area contributed by atoms with E-state index >= 15 is 0 Å². The van der Waals surface area contributed by atoms with Gasteiger partial charge in [-0.2, -0.15) is 10.4 Å². The molecular formula is C18H14F2N6O3. The van der Waals surface area contributed by atoms with E-state index in [4.69, 9.17) is 15.7 Å². The zero-order valence-electron chi connectivity index (χ0n) is 15.0. The Morgan fingerprint density at radius 3 is 2.69 bits per heavy atom. The van der Waals surface area contributed by atoms with Crippen LogP contribution in [0, 0.1) is 11.3 Å². The number of alkyl halides is 2. The maximum atomic E-state index is 13.6. The van der Waals surface area contributed by atoms with Gasteiger partial charge in [0.15, 0.2) is 11.7 Å². The lowest BCUT2D eigenvalue weighted by molar-refractivity contribution is -0.118. The van der Waals surface area contributed by atoms with Crippen molar-refractivity contribution in [3.63, 3.8) is 0 Å². The molecule has 11 heteroatoms. The van der Waals surface area contributed by atoms with Gasteiger partial charge in [-0.25, -0.2) is 18.3 Å². The van der Waals surface area contributed by atoms with Gasteiger partial charge in [0, 0.05) is 5.56 Å². The Balaban J connectivity index is 2.17. The number of nitrogens with zero attached hydrogens (tertiary/aromatic N) is 4. The maximum Gasteiger partial charge on any atom is 0.280 e. The molecule has 0 aliphatic heterocycles. The summed E-state index contributed by atoms with van der Waals surface area (Å²) in [7, 11) is 1.43. The van der Waals surface area contributed by atoms with Crippen molar-refractivity contribution in [3.8, 4) is 23.1 Å². The lowest BCUT2D eigenvalue weighted by Gasteiger charge is -2.11. The first kappa shape index (κ1) is 19.7. The van der Waals surface area contributed by atoms with Gasteiger partial charge >= 0.3 is 0 Å². The Morgan fingerprint density at radius 1 is 1.34 bits per heavy atom. The maximum absolute atomic E-state index is 13.6. The summed E-state index contributed by atoms with van der Waals surface area (Å²) in [4.78, 5) is 27.9. The molecule has 3 aromatic rings. The van der Waals surface area contributed by atoms with E-state index in [2.05, 4.69) is 15.4 Å². The molecule has 0 saturated carbocycles. The summed E-state index contributed by atoms with van der Waals surface area (Å²) >= 11 is 0. The van der Waals surface area contributed by atoms with E-state index in [1.165, 1.54) is 13.2 Å². The van der Waals surface area contributed by atoms with Crippen molar-refractivity contribution in [1.29, 1.82) is 5.26 Å². The van der Waals surface area contributed by atoms with Gasteiger partial charge in [-0.15, -0.1) is 0 Å². The van der Waals surface area contributed by atoms with Crippen molar-refractivity contribution in [2.24, 2.45) is 5.73 Å². The van der Waals surface area contributed by atoms with Crippen molar-refractivity contribution in [2.45, 2.75) is 12.5 Å². The predicted molar refractivity (Wildman–Crippen MR) is 96.0 cm³/mol. The minimum atomic E-state index is -2.91. The van der Waals surface area contributed by atoms with Crippen LogP contribution in [0.25, 0.3) is 16.9 Å². The molecule has 0 radical (unpaired) electrons. The number of hydrogen-bond acceptors (Lipinski definition) is 6. The smallest absolute Gasteiger partial charge is 0.280 e. The van der Waals surface area contributed by atoms with Crippen LogP contribution in [-0.4, -0.2) is 39.6 Å². The Bertz CT molecular complexity index is 1140. The monoisotopic (exact) mass is 400 g/mol. The van der Waals surface area contributed by atoms with E-state index in [1.54, 1.807) is 24.3 Å². The standard InChI is InChI=1S/C18H14F2N6O3/c1-29-14-5-3-2-4-9(14)11-6-13(15(19)20)26-17(24-11)10(8-23-26)18(28)25-12(7-21)16(22)27/h2-6,8,12,15H,1H3,(H2,22,27)(H,25,28)/t12-/m0/s1. The lowest BCUT2D eigenvalue weighted by atomic mass is 10.1. The van der Waals surface area contributed by atoms with Crippen LogP contribution in [0.15, 0.2) is 36.5 Å². The second-order valence-electron chi connectivity index (χ2n) is 5.80. The second kappa shape index (κ2) is 7.89. The van der Waals surface area contributed by atoms with E-state index < -0.39 is 30.0 Å². The van der Waals surface area contributed by atoms with Gasteiger partial charge in [-0.05, 0) is 18.2 Å².